The number of rotatable bonds is 7. The van der Waals surface area contributed by atoms with E-state index in [0.717, 1.165) is 5.56 Å². The molecule has 0 aliphatic heterocycles. The summed E-state index contributed by atoms with van der Waals surface area (Å²) in [5.41, 5.74) is 2.17. The molecule has 0 saturated carbocycles. The number of benzene rings is 2. The average Bonchev–Trinajstić information content (AvgIpc) is 3.47. The summed E-state index contributed by atoms with van der Waals surface area (Å²) in [6.07, 6.45) is 2.55. The summed E-state index contributed by atoms with van der Waals surface area (Å²) in [5, 5.41) is 2.66. The molecule has 174 valence electrons. The quantitative estimate of drug-likeness (QED) is 0.411. The second-order valence-electron chi connectivity index (χ2n) is 7.74. The minimum Gasteiger partial charge on any atom is -0.449 e. The van der Waals surface area contributed by atoms with Gasteiger partial charge in [0.2, 0.25) is 0 Å². The largest absolute Gasteiger partial charge is 0.449 e. The summed E-state index contributed by atoms with van der Waals surface area (Å²) in [5.74, 6) is -0.501. The van der Waals surface area contributed by atoms with Crippen LogP contribution in [0.1, 0.15) is 29.4 Å². The third-order valence-electron chi connectivity index (χ3n) is 5.61. The van der Waals surface area contributed by atoms with E-state index in [1.165, 1.54) is 4.68 Å². The van der Waals surface area contributed by atoms with Crippen LogP contribution in [0.25, 0.3) is 17.1 Å². The maximum atomic E-state index is 13.0. The second kappa shape index (κ2) is 9.62. The molecule has 0 aliphatic rings. The monoisotopic (exact) mass is 459 g/mol. The van der Waals surface area contributed by atoms with Crippen molar-refractivity contribution in [3.63, 3.8) is 0 Å². The van der Waals surface area contributed by atoms with Gasteiger partial charge in [0.25, 0.3) is 11.5 Å². The number of carbonyl (C=O) groups excluding carboxylic acids is 2. The molecule has 34 heavy (non-hydrogen) atoms. The van der Waals surface area contributed by atoms with Crippen LogP contribution < -0.4 is 10.9 Å². The summed E-state index contributed by atoms with van der Waals surface area (Å²) in [6.45, 7) is 3.47. The number of nitrogens with one attached hydrogen (secondary N) is 2. The van der Waals surface area contributed by atoms with Gasteiger partial charge in [-0.1, -0.05) is 37.3 Å². The lowest BCUT2D eigenvalue weighted by Gasteiger charge is -2.15. The van der Waals surface area contributed by atoms with E-state index in [1.54, 1.807) is 74.4 Å². The minimum absolute atomic E-state index is 0.147. The zero-order valence-electron chi connectivity index (χ0n) is 19.1. The second-order valence-corrected chi connectivity index (χ2v) is 7.74. The van der Waals surface area contributed by atoms with Crippen LogP contribution in [0, 0.1) is 6.92 Å². The van der Waals surface area contributed by atoms with Crippen molar-refractivity contribution in [3.05, 3.63) is 88.6 Å². The number of H-pyrrole nitrogens is 1. The van der Waals surface area contributed by atoms with Crippen molar-refractivity contribution >= 4 is 17.6 Å². The molecule has 0 spiro atoms. The predicted octanol–water partition coefficient (Wildman–Crippen LogP) is 3.45. The van der Waals surface area contributed by atoms with Crippen LogP contribution >= 0.6 is 0 Å². The van der Waals surface area contributed by atoms with Crippen molar-refractivity contribution in [2.45, 2.75) is 26.4 Å². The maximum absolute atomic E-state index is 13.0. The fourth-order valence-corrected chi connectivity index (χ4v) is 3.62. The minimum atomic E-state index is -1.05. The SMILES string of the molecule is CCC(OC(=O)c1ccc(-c2ncc[nH]2)cc1)C(=O)Nc1c(C)n(C)n(-c2ccccc2)c1=O. The Morgan fingerprint density at radius 1 is 1.12 bits per heavy atom. The number of aromatic amines is 1. The highest BCUT2D eigenvalue weighted by Crippen LogP contribution is 2.18. The van der Waals surface area contributed by atoms with Crippen LogP contribution in [-0.4, -0.2) is 37.3 Å². The molecule has 1 atom stereocenters. The van der Waals surface area contributed by atoms with Gasteiger partial charge in [-0.2, -0.15) is 0 Å². The van der Waals surface area contributed by atoms with Gasteiger partial charge >= 0.3 is 5.97 Å². The lowest BCUT2D eigenvalue weighted by atomic mass is 10.1. The van der Waals surface area contributed by atoms with Gasteiger partial charge in [0.05, 0.1) is 16.9 Å². The van der Waals surface area contributed by atoms with E-state index >= 15 is 0 Å². The number of ether oxygens (including phenoxy) is 1. The fourth-order valence-electron chi connectivity index (χ4n) is 3.62. The van der Waals surface area contributed by atoms with Crippen molar-refractivity contribution in [3.8, 4) is 17.1 Å². The highest BCUT2D eigenvalue weighted by atomic mass is 16.5. The first-order valence-corrected chi connectivity index (χ1v) is 10.9. The van der Waals surface area contributed by atoms with Crippen LogP contribution in [0.2, 0.25) is 0 Å². The van der Waals surface area contributed by atoms with Gasteiger partial charge in [-0.05, 0) is 37.6 Å². The zero-order chi connectivity index (χ0) is 24.2. The van der Waals surface area contributed by atoms with Crippen LogP contribution in [0.5, 0.6) is 0 Å². The molecule has 0 bridgehead atoms. The Morgan fingerprint density at radius 2 is 1.82 bits per heavy atom. The number of anilines is 1. The Morgan fingerprint density at radius 3 is 2.44 bits per heavy atom. The molecule has 0 aliphatic carbocycles. The summed E-state index contributed by atoms with van der Waals surface area (Å²) in [7, 11) is 1.74. The average molecular weight is 460 g/mol. The maximum Gasteiger partial charge on any atom is 0.338 e. The van der Waals surface area contributed by atoms with Gasteiger partial charge in [0.1, 0.15) is 11.5 Å². The molecular formula is C25H25N5O4. The van der Waals surface area contributed by atoms with Crippen molar-refractivity contribution in [2.75, 3.05) is 5.32 Å². The van der Waals surface area contributed by atoms with Crippen molar-refractivity contribution in [1.82, 2.24) is 19.3 Å². The highest BCUT2D eigenvalue weighted by Gasteiger charge is 2.25. The first-order chi connectivity index (χ1) is 16.4. The molecule has 2 aromatic heterocycles. The van der Waals surface area contributed by atoms with E-state index in [0.29, 0.717) is 22.8 Å². The predicted molar refractivity (Wildman–Crippen MR) is 128 cm³/mol. The van der Waals surface area contributed by atoms with Crippen molar-refractivity contribution in [2.24, 2.45) is 7.05 Å². The van der Waals surface area contributed by atoms with Gasteiger partial charge in [-0.25, -0.2) is 14.5 Å². The number of esters is 1. The van der Waals surface area contributed by atoms with Gasteiger partial charge in [0.15, 0.2) is 6.10 Å². The number of hydrogen-bond acceptors (Lipinski definition) is 5. The van der Waals surface area contributed by atoms with E-state index in [-0.39, 0.29) is 17.7 Å². The van der Waals surface area contributed by atoms with Crippen molar-refractivity contribution in [1.29, 1.82) is 0 Å². The molecular weight excluding hydrogens is 434 g/mol. The van der Waals surface area contributed by atoms with Gasteiger partial charge in [-0.3, -0.25) is 14.3 Å². The molecule has 1 unspecified atom stereocenters. The number of amides is 1. The van der Waals surface area contributed by atoms with E-state index < -0.39 is 18.0 Å². The zero-order valence-corrected chi connectivity index (χ0v) is 19.1. The smallest absolute Gasteiger partial charge is 0.338 e. The van der Waals surface area contributed by atoms with E-state index in [1.807, 2.05) is 18.2 Å². The third kappa shape index (κ3) is 4.40. The number of nitrogens with zero attached hydrogens (tertiary/aromatic N) is 3. The lowest BCUT2D eigenvalue weighted by molar-refractivity contribution is -0.124. The molecule has 0 saturated heterocycles. The lowest BCUT2D eigenvalue weighted by Crippen LogP contribution is -2.33. The molecule has 0 radical (unpaired) electrons. The Bertz CT molecular complexity index is 1350. The van der Waals surface area contributed by atoms with Gasteiger partial charge in [-0.15, -0.1) is 0 Å². The molecule has 4 rings (SSSR count). The number of imidazole rings is 1. The molecule has 1 amide bonds. The summed E-state index contributed by atoms with van der Waals surface area (Å²) in [4.78, 5) is 45.8. The Labute approximate surface area is 196 Å². The van der Waals surface area contributed by atoms with Crippen LogP contribution in [-0.2, 0) is 16.6 Å². The molecule has 2 heterocycles. The molecule has 9 nitrogen and oxygen atoms in total. The summed E-state index contributed by atoms with van der Waals surface area (Å²) in [6, 6.07) is 15.9. The molecule has 4 aromatic rings. The standard InChI is InChI=1S/C25H25N5O4/c1-4-20(34-25(33)18-12-10-17(11-13-18)22-26-14-15-27-22)23(31)28-21-16(2)29(3)30(24(21)32)19-8-6-5-7-9-19/h5-15,20H,4H2,1-3H3,(H,26,27)(H,28,31). The Balaban J connectivity index is 1.49. The van der Waals surface area contributed by atoms with Gasteiger partial charge < -0.3 is 15.0 Å². The first-order valence-electron chi connectivity index (χ1n) is 10.9. The molecule has 2 aromatic carbocycles. The number of aromatic nitrogens is 4. The van der Waals surface area contributed by atoms with Crippen molar-refractivity contribution < 1.29 is 14.3 Å². The van der Waals surface area contributed by atoms with E-state index in [9.17, 15) is 14.4 Å². The number of para-hydroxylation sites is 1. The van der Waals surface area contributed by atoms with Gasteiger partial charge in [0, 0.05) is 25.0 Å². The summed E-state index contributed by atoms with van der Waals surface area (Å²) < 4.78 is 8.60. The van der Waals surface area contributed by atoms with Crippen LogP contribution in [0.4, 0.5) is 5.69 Å². The topological polar surface area (TPSA) is 111 Å². The molecule has 9 heteroatoms. The Hall–Kier alpha value is -4.40. The molecule has 0 fully saturated rings. The summed E-state index contributed by atoms with van der Waals surface area (Å²) >= 11 is 0. The van der Waals surface area contributed by atoms with E-state index in [4.69, 9.17) is 4.74 Å². The fraction of sp³-hybridized carbons (Fsp3) is 0.200. The Kier molecular flexibility index (Phi) is 6.44. The highest BCUT2D eigenvalue weighted by molar-refractivity contribution is 5.98. The normalized spacial score (nSPS) is 11.7. The first kappa shape index (κ1) is 22.8. The van der Waals surface area contributed by atoms with Crippen LogP contribution in [0.3, 0.4) is 0 Å². The van der Waals surface area contributed by atoms with E-state index in [2.05, 4.69) is 15.3 Å². The molecule has 2 N–H and O–H groups in total. The number of hydrogen-bond donors (Lipinski definition) is 2. The van der Waals surface area contributed by atoms with Crippen LogP contribution in [0.15, 0.2) is 71.8 Å². The third-order valence-corrected chi connectivity index (χ3v) is 5.61. The number of carbonyl (C=O) groups is 2.